The van der Waals surface area contributed by atoms with Crippen molar-refractivity contribution in [2.75, 3.05) is 13.7 Å². The molecule has 1 aromatic rings. The molecule has 2 N–H and O–H groups in total. The number of carboxylic acid groups (broad SMARTS) is 1. The lowest BCUT2D eigenvalue weighted by atomic mass is 9.78. The minimum Gasteiger partial charge on any atom is -0.496 e. The van der Waals surface area contributed by atoms with Crippen molar-refractivity contribution in [1.82, 2.24) is 5.32 Å². The Morgan fingerprint density at radius 1 is 1.37 bits per heavy atom. The highest BCUT2D eigenvalue weighted by atomic mass is 16.5. The van der Waals surface area contributed by atoms with Crippen molar-refractivity contribution in [3.63, 3.8) is 0 Å². The van der Waals surface area contributed by atoms with Gasteiger partial charge in [-0.15, -0.1) is 0 Å². The van der Waals surface area contributed by atoms with Crippen LogP contribution in [0.3, 0.4) is 0 Å². The van der Waals surface area contributed by atoms with Crippen LogP contribution >= 0.6 is 0 Å². The molecule has 5 heteroatoms. The highest BCUT2D eigenvalue weighted by molar-refractivity contribution is 5.74. The third-order valence-corrected chi connectivity index (χ3v) is 3.03. The number of hydrogen-bond donors (Lipinski definition) is 2. The van der Waals surface area contributed by atoms with Crippen molar-refractivity contribution >= 4 is 11.9 Å². The Morgan fingerprint density at radius 2 is 2.00 bits per heavy atom. The summed E-state index contributed by atoms with van der Waals surface area (Å²) in [6.07, 6.45) is -0.0896. The van der Waals surface area contributed by atoms with Crippen molar-refractivity contribution in [1.29, 1.82) is 0 Å². The van der Waals surface area contributed by atoms with E-state index in [0.29, 0.717) is 5.75 Å². The summed E-state index contributed by atoms with van der Waals surface area (Å²) >= 11 is 0. The maximum Gasteiger partial charge on any atom is 0.304 e. The Hall–Kier alpha value is -2.04. The smallest absolute Gasteiger partial charge is 0.304 e. The summed E-state index contributed by atoms with van der Waals surface area (Å²) in [5.74, 6) is -0.484. The van der Waals surface area contributed by atoms with Gasteiger partial charge in [-0.25, -0.2) is 0 Å². The molecule has 0 radical (unpaired) electrons. The van der Waals surface area contributed by atoms with Gasteiger partial charge in [0, 0.05) is 24.4 Å². The van der Waals surface area contributed by atoms with Gasteiger partial charge in [0.25, 0.3) is 0 Å². The summed E-state index contributed by atoms with van der Waals surface area (Å²) < 4.78 is 5.27. The Bertz CT molecular complexity index is 472. The number of carboxylic acids is 1. The molecule has 0 aliphatic heterocycles. The van der Waals surface area contributed by atoms with Crippen LogP contribution in [0.15, 0.2) is 24.3 Å². The zero-order valence-electron chi connectivity index (χ0n) is 11.4. The van der Waals surface area contributed by atoms with Gasteiger partial charge in [0.15, 0.2) is 0 Å². The van der Waals surface area contributed by atoms with Crippen LogP contribution in [0.25, 0.3) is 0 Å². The summed E-state index contributed by atoms with van der Waals surface area (Å²) in [5, 5.41) is 11.8. The van der Waals surface area contributed by atoms with Crippen LogP contribution < -0.4 is 10.1 Å². The van der Waals surface area contributed by atoms with Crippen molar-refractivity contribution in [2.24, 2.45) is 0 Å². The molecular weight excluding hydrogens is 246 g/mol. The summed E-state index contributed by atoms with van der Waals surface area (Å²) in [5.41, 5.74) is 0.0538. The van der Waals surface area contributed by atoms with Crippen LogP contribution in [-0.4, -0.2) is 30.6 Å². The molecule has 1 rings (SSSR count). The maximum atomic E-state index is 11.1. The molecule has 1 aromatic carbocycles. The van der Waals surface area contributed by atoms with E-state index in [4.69, 9.17) is 9.84 Å². The number of benzene rings is 1. The van der Waals surface area contributed by atoms with Gasteiger partial charge in [-0.05, 0) is 6.07 Å². The van der Waals surface area contributed by atoms with Crippen LogP contribution in [0.1, 0.15) is 25.8 Å². The van der Waals surface area contributed by atoms with Crippen molar-refractivity contribution in [3.05, 3.63) is 29.8 Å². The molecule has 5 nitrogen and oxygen atoms in total. The number of aliphatic carboxylic acids is 1. The second-order valence-corrected chi connectivity index (χ2v) is 4.74. The predicted octanol–water partition coefficient (Wildman–Crippen LogP) is 1.56. The number of nitrogens with one attached hydrogen (secondary N) is 1. The number of carbonyl (C=O) groups excluding carboxylic acids is 1. The number of carbonyl (C=O) groups is 2. The van der Waals surface area contributed by atoms with E-state index in [2.05, 4.69) is 5.32 Å². The van der Waals surface area contributed by atoms with Crippen LogP contribution in [0, 0.1) is 0 Å². The van der Waals surface area contributed by atoms with Gasteiger partial charge in [0.2, 0.25) is 5.91 Å². The standard InChI is InChI=1S/C14H19NO4/c1-10(16)15-9-14(2,8-13(17)18)11-6-4-5-7-12(11)19-3/h4-7H,8-9H2,1-3H3,(H,15,16)(H,17,18). The van der Waals surface area contributed by atoms with E-state index in [1.54, 1.807) is 20.1 Å². The lowest BCUT2D eigenvalue weighted by Crippen LogP contribution is -2.39. The van der Waals surface area contributed by atoms with E-state index >= 15 is 0 Å². The lowest BCUT2D eigenvalue weighted by molar-refractivity contribution is -0.138. The fraction of sp³-hybridized carbons (Fsp3) is 0.429. The fourth-order valence-electron chi connectivity index (χ4n) is 2.05. The van der Waals surface area contributed by atoms with Crippen LogP contribution in [0.4, 0.5) is 0 Å². The van der Waals surface area contributed by atoms with Gasteiger partial charge < -0.3 is 15.2 Å². The molecular formula is C14H19NO4. The third kappa shape index (κ3) is 3.98. The molecule has 0 bridgehead atoms. The molecule has 104 valence electrons. The highest BCUT2D eigenvalue weighted by Gasteiger charge is 2.32. The quantitative estimate of drug-likeness (QED) is 0.818. The second-order valence-electron chi connectivity index (χ2n) is 4.74. The number of ether oxygens (including phenoxy) is 1. The van der Waals surface area contributed by atoms with E-state index in [9.17, 15) is 9.59 Å². The predicted molar refractivity (Wildman–Crippen MR) is 71.3 cm³/mol. The van der Waals surface area contributed by atoms with Gasteiger partial charge in [0.05, 0.1) is 13.5 Å². The maximum absolute atomic E-state index is 11.1. The molecule has 19 heavy (non-hydrogen) atoms. The Morgan fingerprint density at radius 3 is 2.53 bits per heavy atom. The number of hydrogen-bond acceptors (Lipinski definition) is 3. The molecule has 0 saturated heterocycles. The summed E-state index contributed by atoms with van der Waals surface area (Å²) in [7, 11) is 1.54. The Kier molecular flexibility index (Phi) is 4.92. The minimum atomic E-state index is -0.918. The molecule has 0 aliphatic rings. The van der Waals surface area contributed by atoms with Crippen LogP contribution in [0.5, 0.6) is 5.75 Å². The molecule has 0 fully saturated rings. The van der Waals surface area contributed by atoms with E-state index in [1.807, 2.05) is 18.2 Å². The van der Waals surface area contributed by atoms with E-state index < -0.39 is 11.4 Å². The molecule has 1 amide bonds. The summed E-state index contributed by atoms with van der Waals surface area (Å²) in [6.45, 7) is 3.45. The topological polar surface area (TPSA) is 75.6 Å². The molecule has 1 atom stereocenters. The van der Waals surface area contributed by atoms with Crippen molar-refractivity contribution in [2.45, 2.75) is 25.7 Å². The van der Waals surface area contributed by atoms with Crippen LogP contribution in [0.2, 0.25) is 0 Å². The molecule has 0 aromatic heterocycles. The highest BCUT2D eigenvalue weighted by Crippen LogP contribution is 2.34. The number of methoxy groups -OCH3 is 1. The molecule has 1 unspecified atom stereocenters. The molecule has 0 saturated carbocycles. The zero-order chi connectivity index (χ0) is 14.5. The normalized spacial score (nSPS) is 13.4. The van der Waals surface area contributed by atoms with E-state index in [-0.39, 0.29) is 18.9 Å². The van der Waals surface area contributed by atoms with Gasteiger partial charge in [-0.2, -0.15) is 0 Å². The number of para-hydroxylation sites is 1. The average molecular weight is 265 g/mol. The van der Waals surface area contributed by atoms with Gasteiger partial charge in [0.1, 0.15) is 5.75 Å². The first kappa shape index (κ1) is 15.0. The SMILES string of the molecule is COc1ccccc1C(C)(CNC(C)=O)CC(=O)O. The van der Waals surface area contributed by atoms with Gasteiger partial charge >= 0.3 is 5.97 Å². The summed E-state index contributed by atoms with van der Waals surface area (Å²) in [6, 6.07) is 7.25. The van der Waals surface area contributed by atoms with Crippen LogP contribution in [-0.2, 0) is 15.0 Å². The van der Waals surface area contributed by atoms with Crippen molar-refractivity contribution < 1.29 is 19.4 Å². The Balaban J connectivity index is 3.13. The lowest BCUT2D eigenvalue weighted by Gasteiger charge is -2.30. The largest absolute Gasteiger partial charge is 0.496 e. The van der Waals surface area contributed by atoms with Crippen molar-refractivity contribution in [3.8, 4) is 5.75 Å². The zero-order valence-corrected chi connectivity index (χ0v) is 11.4. The van der Waals surface area contributed by atoms with E-state index in [1.165, 1.54) is 6.92 Å². The second kappa shape index (κ2) is 6.22. The number of amides is 1. The average Bonchev–Trinajstić information content (AvgIpc) is 2.35. The first-order chi connectivity index (χ1) is 8.89. The monoisotopic (exact) mass is 265 g/mol. The molecule has 0 spiro atoms. The first-order valence-electron chi connectivity index (χ1n) is 5.99. The first-order valence-corrected chi connectivity index (χ1v) is 5.99. The fourth-order valence-corrected chi connectivity index (χ4v) is 2.05. The van der Waals surface area contributed by atoms with Gasteiger partial charge in [-0.1, -0.05) is 25.1 Å². The minimum absolute atomic E-state index is 0.0896. The number of rotatable bonds is 6. The third-order valence-electron chi connectivity index (χ3n) is 3.03. The van der Waals surface area contributed by atoms with Gasteiger partial charge in [-0.3, -0.25) is 9.59 Å². The molecule has 0 heterocycles. The molecule has 0 aliphatic carbocycles. The van der Waals surface area contributed by atoms with E-state index in [0.717, 1.165) is 5.56 Å². The summed E-state index contributed by atoms with van der Waals surface area (Å²) in [4.78, 5) is 22.2. The Labute approximate surface area is 112 Å².